The van der Waals surface area contributed by atoms with Gasteiger partial charge in [-0.1, -0.05) is 18.2 Å². The molecule has 0 bridgehead atoms. The van der Waals surface area contributed by atoms with Gasteiger partial charge in [0, 0.05) is 12.0 Å². The number of anilines is 1. The number of alkyl halides is 3. The Hall–Kier alpha value is -2.68. The third-order valence-corrected chi connectivity index (χ3v) is 8.14. The number of nitrogens with zero attached hydrogens (tertiary/aromatic N) is 2. The normalized spacial score (nSPS) is 14.9. The van der Waals surface area contributed by atoms with E-state index in [1.54, 1.807) is 31.2 Å². The zero-order valence-corrected chi connectivity index (χ0v) is 25.2. The first-order valence-electron chi connectivity index (χ1n) is 11.6. The molecule has 0 unspecified atom stereocenters. The van der Waals surface area contributed by atoms with Crippen LogP contribution in [0, 0.1) is 6.92 Å². The molecule has 0 N–H and O–H groups in total. The summed E-state index contributed by atoms with van der Waals surface area (Å²) in [4.78, 5) is 15.9. The van der Waals surface area contributed by atoms with Crippen LogP contribution in [0.4, 0.5) is 18.9 Å². The molecular formula is C27H20F3KN2O6S. The van der Waals surface area contributed by atoms with E-state index >= 15 is 0 Å². The molecule has 13 heteroatoms. The van der Waals surface area contributed by atoms with Crippen molar-refractivity contribution in [1.82, 2.24) is 4.98 Å². The number of ether oxygens (including phenoxy) is 1. The van der Waals surface area contributed by atoms with Crippen molar-refractivity contribution >= 4 is 21.7 Å². The molecule has 1 atom stereocenters. The maximum Gasteiger partial charge on any atom is 1.00 e. The number of carbonyl (C=O) groups is 1. The number of oxazole rings is 1. The van der Waals surface area contributed by atoms with Gasteiger partial charge < -0.3 is 19.1 Å². The van der Waals surface area contributed by atoms with Gasteiger partial charge in [0.15, 0.2) is 0 Å². The molecule has 0 radical (unpaired) electrons. The summed E-state index contributed by atoms with van der Waals surface area (Å²) in [6.45, 7) is 1.59. The molecular weight excluding hydrogens is 576 g/mol. The Bertz CT molecular complexity index is 1640. The molecule has 0 saturated heterocycles. The first-order chi connectivity index (χ1) is 18.4. The molecule has 0 saturated carbocycles. The summed E-state index contributed by atoms with van der Waals surface area (Å²) in [6, 6.07) is 15.1. The minimum atomic E-state index is -4.45. The van der Waals surface area contributed by atoms with Gasteiger partial charge in [0.2, 0.25) is 5.89 Å². The number of hydrogen-bond donors (Lipinski definition) is 0. The second kappa shape index (κ2) is 11.7. The van der Waals surface area contributed by atoms with E-state index in [-0.39, 0.29) is 80.9 Å². The smallest absolute Gasteiger partial charge is 0.548 e. The molecule has 4 aromatic rings. The fraction of sp³-hybridized carbons (Fsp3) is 0.185. The van der Waals surface area contributed by atoms with E-state index < -0.39 is 33.8 Å². The van der Waals surface area contributed by atoms with Crippen molar-refractivity contribution in [3.63, 3.8) is 0 Å². The monoisotopic (exact) mass is 596 g/mol. The summed E-state index contributed by atoms with van der Waals surface area (Å²) < 4.78 is 77.3. The number of halogens is 3. The maximum atomic E-state index is 13.4. The third-order valence-electron chi connectivity index (χ3n) is 6.31. The van der Waals surface area contributed by atoms with Crippen LogP contribution in [-0.2, 0) is 34.0 Å². The number of carbonyl (C=O) groups excluding carboxylic acids is 1. The van der Waals surface area contributed by atoms with Crippen molar-refractivity contribution in [2.24, 2.45) is 0 Å². The topological polar surface area (TPSA) is 113 Å². The molecule has 40 heavy (non-hydrogen) atoms. The quantitative estimate of drug-likeness (QED) is 0.294. The van der Waals surface area contributed by atoms with Gasteiger partial charge in [-0.25, -0.2) is 13.4 Å². The largest absolute Gasteiger partial charge is 1.00 e. The average Bonchev–Trinajstić information content (AvgIpc) is 3.48. The number of fused-ring (bicyclic) bond motifs is 1. The van der Waals surface area contributed by atoms with Crippen LogP contribution >= 0.6 is 0 Å². The van der Waals surface area contributed by atoms with Crippen LogP contribution in [-0.4, -0.2) is 25.4 Å². The van der Waals surface area contributed by atoms with Crippen LogP contribution in [0.25, 0.3) is 11.5 Å². The third kappa shape index (κ3) is 5.99. The number of hydrogen-bond acceptors (Lipinski definition) is 7. The molecule has 0 amide bonds. The van der Waals surface area contributed by atoms with Crippen molar-refractivity contribution in [2.45, 2.75) is 37.1 Å². The summed E-state index contributed by atoms with van der Waals surface area (Å²) in [7, 11) is -4.22. The molecule has 1 aromatic heterocycles. The van der Waals surface area contributed by atoms with Crippen LogP contribution in [0.1, 0.15) is 22.6 Å². The second-order valence-electron chi connectivity index (χ2n) is 8.83. The summed E-state index contributed by atoms with van der Waals surface area (Å²) in [5.74, 6) is -0.640. The maximum absolute atomic E-state index is 13.4. The summed E-state index contributed by atoms with van der Waals surface area (Å²) in [6.07, 6.45) is -4.45. The molecule has 1 aliphatic rings. The number of sulfonamides is 1. The van der Waals surface area contributed by atoms with E-state index in [1.165, 1.54) is 36.4 Å². The second-order valence-corrected chi connectivity index (χ2v) is 10.6. The Balaban J connectivity index is 0.00000370. The van der Waals surface area contributed by atoms with Crippen LogP contribution in [0.3, 0.4) is 0 Å². The van der Waals surface area contributed by atoms with E-state index in [1.807, 2.05) is 0 Å². The number of carboxylic acids is 1. The number of rotatable bonds is 7. The first kappa shape index (κ1) is 30.3. The molecule has 3 aromatic carbocycles. The van der Waals surface area contributed by atoms with Crippen LogP contribution < -0.4 is 65.5 Å². The molecule has 2 heterocycles. The van der Waals surface area contributed by atoms with Crippen LogP contribution in [0.5, 0.6) is 5.75 Å². The minimum absolute atomic E-state index is 0. The van der Waals surface area contributed by atoms with Gasteiger partial charge >= 0.3 is 57.6 Å². The summed E-state index contributed by atoms with van der Waals surface area (Å²) in [5.41, 5.74) is 0.872. The zero-order chi connectivity index (χ0) is 27.9. The number of aliphatic carboxylic acids is 1. The number of benzene rings is 3. The molecule has 0 spiro atoms. The molecule has 0 aliphatic carbocycles. The first-order valence-corrected chi connectivity index (χ1v) is 13.1. The summed E-state index contributed by atoms with van der Waals surface area (Å²) >= 11 is 0. The Morgan fingerprint density at radius 3 is 2.35 bits per heavy atom. The zero-order valence-electron chi connectivity index (χ0n) is 21.3. The van der Waals surface area contributed by atoms with E-state index in [2.05, 4.69) is 4.98 Å². The number of para-hydroxylation sites is 1. The Morgan fingerprint density at radius 1 is 1.07 bits per heavy atom. The molecule has 202 valence electrons. The van der Waals surface area contributed by atoms with Gasteiger partial charge in [-0.05, 0) is 67.1 Å². The predicted molar refractivity (Wildman–Crippen MR) is 131 cm³/mol. The minimum Gasteiger partial charge on any atom is -0.548 e. The SMILES string of the molecule is Cc1oc(-c2ccc(C(F)(F)F)cc2)nc1COc1ccc(S(=O)(=O)N2c3ccccc3C[C@H]2C(=O)[O-])cc1.[K+]. The van der Waals surface area contributed by atoms with Gasteiger partial charge in [-0.2, -0.15) is 13.2 Å². The Kier molecular flexibility index (Phi) is 8.83. The van der Waals surface area contributed by atoms with Crippen molar-refractivity contribution < 1.29 is 92.0 Å². The summed E-state index contributed by atoms with van der Waals surface area (Å²) in [5, 5.41) is 11.7. The van der Waals surface area contributed by atoms with E-state index in [4.69, 9.17) is 9.15 Å². The van der Waals surface area contributed by atoms with Crippen molar-refractivity contribution in [1.29, 1.82) is 0 Å². The van der Waals surface area contributed by atoms with Crippen LogP contribution in [0.2, 0.25) is 0 Å². The fourth-order valence-corrected chi connectivity index (χ4v) is 5.93. The standard InChI is InChI=1S/C27H21F3N2O6S.K/c1-16-22(31-25(38-16)17-6-8-19(9-7-17)27(28,29)30)15-37-20-10-12-21(13-11-20)39(35,36)32-23-5-3-2-4-18(23)14-24(32)26(33)34;/h2-13,24H,14-15H2,1H3,(H,33,34);/q;+1/p-1/t24-;/m0./s1. The number of aromatic nitrogens is 1. The van der Waals surface area contributed by atoms with Crippen molar-refractivity contribution in [3.05, 3.63) is 95.4 Å². The average molecular weight is 597 g/mol. The molecule has 1 aliphatic heterocycles. The molecule has 8 nitrogen and oxygen atoms in total. The van der Waals surface area contributed by atoms with Gasteiger partial charge in [0.1, 0.15) is 23.8 Å². The van der Waals surface area contributed by atoms with Crippen molar-refractivity contribution in [2.75, 3.05) is 4.31 Å². The Morgan fingerprint density at radius 2 is 1.73 bits per heavy atom. The Labute approximate surface area is 270 Å². The van der Waals surface area contributed by atoms with E-state index in [9.17, 15) is 31.5 Å². The van der Waals surface area contributed by atoms with E-state index in [0.717, 1.165) is 16.4 Å². The van der Waals surface area contributed by atoms with Gasteiger partial charge in [0.25, 0.3) is 10.0 Å². The fourth-order valence-electron chi connectivity index (χ4n) is 4.29. The predicted octanol–water partition coefficient (Wildman–Crippen LogP) is 1.12. The van der Waals surface area contributed by atoms with E-state index in [0.29, 0.717) is 28.3 Å². The van der Waals surface area contributed by atoms with Crippen LogP contribution in [0.15, 0.2) is 82.1 Å². The van der Waals surface area contributed by atoms with Crippen molar-refractivity contribution in [3.8, 4) is 17.2 Å². The van der Waals surface area contributed by atoms with Gasteiger partial charge in [-0.3, -0.25) is 4.31 Å². The van der Waals surface area contributed by atoms with Gasteiger partial charge in [0.05, 0.1) is 28.2 Å². The number of aryl methyl sites for hydroxylation is 1. The molecule has 5 rings (SSSR count). The number of carboxylic acid groups (broad SMARTS) is 1. The van der Waals surface area contributed by atoms with Gasteiger partial charge in [-0.15, -0.1) is 0 Å². The molecule has 0 fully saturated rings.